The van der Waals surface area contributed by atoms with Crippen molar-refractivity contribution in [1.29, 1.82) is 0 Å². The molecule has 1 N–H and O–H groups in total. The fraction of sp³-hybridized carbons (Fsp3) is 0.588. The first-order valence-corrected chi connectivity index (χ1v) is 8.81. The molecule has 116 valence electrons. The summed E-state index contributed by atoms with van der Waals surface area (Å²) < 4.78 is 0. The van der Waals surface area contributed by atoms with E-state index in [-0.39, 0.29) is 5.91 Å². The monoisotopic (exact) mass is 306 g/mol. The summed E-state index contributed by atoms with van der Waals surface area (Å²) >= 11 is 1.70. The SMILES string of the molecule is Cc1cc(C)cc(CSCC(=O)NC2CCN(C)CC2)c1. The lowest BCUT2D eigenvalue weighted by molar-refractivity contribution is -0.119. The van der Waals surface area contributed by atoms with Gasteiger partial charge in [0.1, 0.15) is 0 Å². The molecule has 0 aromatic heterocycles. The number of hydrogen-bond acceptors (Lipinski definition) is 3. The van der Waals surface area contributed by atoms with E-state index in [1.54, 1.807) is 11.8 Å². The van der Waals surface area contributed by atoms with Gasteiger partial charge in [-0.3, -0.25) is 4.79 Å². The van der Waals surface area contributed by atoms with Gasteiger partial charge in [-0.05, 0) is 52.4 Å². The predicted octanol–water partition coefficient (Wildman–Crippen LogP) is 2.75. The fourth-order valence-corrected chi connectivity index (χ4v) is 3.61. The lowest BCUT2D eigenvalue weighted by Gasteiger charge is -2.29. The maximum atomic E-state index is 12.0. The second-order valence-corrected chi connectivity index (χ2v) is 7.12. The van der Waals surface area contributed by atoms with Gasteiger partial charge in [-0.15, -0.1) is 11.8 Å². The van der Waals surface area contributed by atoms with Crippen molar-refractivity contribution in [2.45, 2.75) is 38.5 Å². The topological polar surface area (TPSA) is 32.3 Å². The van der Waals surface area contributed by atoms with E-state index in [0.29, 0.717) is 11.8 Å². The minimum atomic E-state index is 0.180. The van der Waals surface area contributed by atoms with Crippen molar-refractivity contribution in [3.05, 3.63) is 34.9 Å². The summed E-state index contributed by atoms with van der Waals surface area (Å²) in [4.78, 5) is 14.3. The van der Waals surface area contributed by atoms with Gasteiger partial charge in [-0.2, -0.15) is 0 Å². The van der Waals surface area contributed by atoms with Crippen LogP contribution in [0.5, 0.6) is 0 Å². The molecular weight excluding hydrogens is 280 g/mol. The van der Waals surface area contributed by atoms with Crippen LogP contribution < -0.4 is 5.32 Å². The number of hydrogen-bond donors (Lipinski definition) is 1. The molecular formula is C17H26N2OS. The van der Waals surface area contributed by atoms with E-state index < -0.39 is 0 Å². The standard InChI is InChI=1S/C17H26N2OS/c1-13-8-14(2)10-15(9-13)11-21-12-17(20)18-16-4-6-19(3)7-5-16/h8-10,16H,4-7,11-12H2,1-3H3,(H,18,20). The van der Waals surface area contributed by atoms with Crippen molar-refractivity contribution in [1.82, 2.24) is 10.2 Å². The third kappa shape index (κ3) is 5.71. The Labute approximate surface area is 132 Å². The van der Waals surface area contributed by atoms with Crippen LogP contribution in [0.3, 0.4) is 0 Å². The highest BCUT2D eigenvalue weighted by molar-refractivity contribution is 7.99. The molecule has 1 aliphatic rings. The quantitative estimate of drug-likeness (QED) is 0.908. The Morgan fingerprint density at radius 2 is 1.86 bits per heavy atom. The molecule has 4 heteroatoms. The lowest BCUT2D eigenvalue weighted by atomic mass is 10.1. The number of nitrogens with zero attached hydrogens (tertiary/aromatic N) is 1. The van der Waals surface area contributed by atoms with Crippen molar-refractivity contribution in [2.75, 3.05) is 25.9 Å². The van der Waals surface area contributed by atoms with E-state index in [1.807, 2.05) is 0 Å². The van der Waals surface area contributed by atoms with Gasteiger partial charge in [-0.25, -0.2) is 0 Å². The van der Waals surface area contributed by atoms with E-state index in [9.17, 15) is 4.79 Å². The highest BCUT2D eigenvalue weighted by Gasteiger charge is 2.18. The normalized spacial score (nSPS) is 16.9. The summed E-state index contributed by atoms with van der Waals surface area (Å²) in [5, 5.41) is 3.16. The number of rotatable bonds is 5. The molecule has 0 atom stereocenters. The molecule has 1 fully saturated rings. The molecule has 1 aromatic rings. The number of carbonyl (C=O) groups excluding carboxylic acids is 1. The predicted molar refractivity (Wildman–Crippen MR) is 90.7 cm³/mol. The van der Waals surface area contributed by atoms with Crippen LogP contribution in [0.15, 0.2) is 18.2 Å². The van der Waals surface area contributed by atoms with Crippen LogP contribution in [-0.4, -0.2) is 42.7 Å². The number of benzene rings is 1. The average molecular weight is 306 g/mol. The number of carbonyl (C=O) groups is 1. The van der Waals surface area contributed by atoms with Gasteiger partial charge in [0, 0.05) is 11.8 Å². The molecule has 21 heavy (non-hydrogen) atoms. The smallest absolute Gasteiger partial charge is 0.230 e. The second-order valence-electron chi connectivity index (χ2n) is 6.13. The van der Waals surface area contributed by atoms with Crippen LogP contribution in [0.1, 0.15) is 29.5 Å². The molecule has 0 radical (unpaired) electrons. The van der Waals surface area contributed by atoms with Gasteiger partial charge < -0.3 is 10.2 Å². The fourth-order valence-electron chi connectivity index (χ4n) is 2.84. The summed E-state index contributed by atoms with van der Waals surface area (Å²) in [6.45, 7) is 6.41. The first-order valence-electron chi connectivity index (χ1n) is 7.66. The van der Waals surface area contributed by atoms with Crippen molar-refractivity contribution < 1.29 is 4.79 Å². The third-order valence-corrected chi connectivity index (χ3v) is 4.87. The summed E-state index contributed by atoms with van der Waals surface area (Å²) in [6, 6.07) is 6.96. The van der Waals surface area contributed by atoms with E-state index in [0.717, 1.165) is 31.7 Å². The Hall–Kier alpha value is -1.00. The van der Waals surface area contributed by atoms with Crippen LogP contribution in [0.25, 0.3) is 0 Å². The molecule has 1 aliphatic heterocycles. The number of nitrogens with one attached hydrogen (secondary N) is 1. The van der Waals surface area contributed by atoms with Crippen LogP contribution >= 0.6 is 11.8 Å². The molecule has 0 unspecified atom stereocenters. The maximum Gasteiger partial charge on any atom is 0.230 e. The Kier molecular flexibility index (Phi) is 6.12. The first-order chi connectivity index (χ1) is 10.0. The summed E-state index contributed by atoms with van der Waals surface area (Å²) in [7, 11) is 2.14. The summed E-state index contributed by atoms with van der Waals surface area (Å²) in [5.41, 5.74) is 3.90. The Morgan fingerprint density at radius 3 is 2.48 bits per heavy atom. The van der Waals surface area contributed by atoms with E-state index in [1.165, 1.54) is 16.7 Å². The molecule has 0 spiro atoms. The molecule has 1 amide bonds. The van der Waals surface area contributed by atoms with Crippen molar-refractivity contribution >= 4 is 17.7 Å². The zero-order chi connectivity index (χ0) is 15.2. The van der Waals surface area contributed by atoms with Crippen LogP contribution in [0.4, 0.5) is 0 Å². The van der Waals surface area contributed by atoms with E-state index >= 15 is 0 Å². The Balaban J connectivity index is 1.69. The van der Waals surface area contributed by atoms with Crippen molar-refractivity contribution in [3.63, 3.8) is 0 Å². The maximum absolute atomic E-state index is 12.0. The second kappa shape index (κ2) is 7.85. The van der Waals surface area contributed by atoms with Gasteiger partial charge in [0.25, 0.3) is 0 Å². The Morgan fingerprint density at radius 1 is 1.24 bits per heavy atom. The van der Waals surface area contributed by atoms with Gasteiger partial charge >= 0.3 is 0 Å². The molecule has 1 saturated heterocycles. The summed E-state index contributed by atoms with van der Waals surface area (Å²) in [6.07, 6.45) is 2.15. The number of amides is 1. The summed E-state index contributed by atoms with van der Waals surface area (Å²) in [5.74, 6) is 1.64. The highest BCUT2D eigenvalue weighted by Crippen LogP contribution is 2.16. The van der Waals surface area contributed by atoms with E-state index in [4.69, 9.17) is 0 Å². The van der Waals surface area contributed by atoms with Crippen LogP contribution in [0, 0.1) is 13.8 Å². The number of likely N-dealkylation sites (tertiary alicyclic amines) is 1. The van der Waals surface area contributed by atoms with Gasteiger partial charge in [0.15, 0.2) is 0 Å². The molecule has 0 aliphatic carbocycles. The highest BCUT2D eigenvalue weighted by atomic mass is 32.2. The molecule has 2 rings (SSSR count). The zero-order valence-corrected chi connectivity index (χ0v) is 14.1. The van der Waals surface area contributed by atoms with E-state index in [2.05, 4.69) is 49.3 Å². The van der Waals surface area contributed by atoms with Crippen molar-refractivity contribution in [3.8, 4) is 0 Å². The average Bonchev–Trinajstić information content (AvgIpc) is 2.40. The minimum absolute atomic E-state index is 0.180. The minimum Gasteiger partial charge on any atom is -0.353 e. The van der Waals surface area contributed by atoms with Crippen molar-refractivity contribution in [2.24, 2.45) is 0 Å². The largest absolute Gasteiger partial charge is 0.353 e. The lowest BCUT2D eigenvalue weighted by Crippen LogP contribution is -2.43. The molecule has 0 saturated carbocycles. The molecule has 1 heterocycles. The third-order valence-electron chi connectivity index (χ3n) is 3.87. The number of aryl methyl sites for hydroxylation is 2. The molecule has 3 nitrogen and oxygen atoms in total. The van der Waals surface area contributed by atoms with Gasteiger partial charge in [0.2, 0.25) is 5.91 Å². The molecule has 1 aromatic carbocycles. The van der Waals surface area contributed by atoms with Gasteiger partial charge in [0.05, 0.1) is 5.75 Å². The van der Waals surface area contributed by atoms with Crippen LogP contribution in [0.2, 0.25) is 0 Å². The number of thioether (sulfide) groups is 1. The van der Waals surface area contributed by atoms with Gasteiger partial charge in [-0.1, -0.05) is 29.3 Å². The number of piperidine rings is 1. The van der Waals surface area contributed by atoms with Crippen LogP contribution in [-0.2, 0) is 10.5 Å². The first kappa shape index (κ1) is 16.4. The Bertz CT molecular complexity index is 461. The zero-order valence-electron chi connectivity index (χ0n) is 13.3. The molecule has 0 bridgehead atoms.